The second-order valence-electron chi connectivity index (χ2n) is 3.67. The third kappa shape index (κ3) is 2.62. The number of ether oxygens (including phenoxy) is 1. The largest absolute Gasteiger partial charge is 0.456 e. The summed E-state index contributed by atoms with van der Waals surface area (Å²) in [6.07, 6.45) is 0. The summed E-state index contributed by atoms with van der Waals surface area (Å²) in [7, 11) is 0. The van der Waals surface area contributed by atoms with E-state index in [0.717, 1.165) is 5.56 Å². The average molecular weight is 259 g/mol. The maximum absolute atomic E-state index is 8.99. The van der Waals surface area contributed by atoms with Gasteiger partial charge in [0.25, 0.3) is 0 Å². The Hall–Kier alpha value is -2.02. The lowest BCUT2D eigenvalue weighted by Gasteiger charge is -2.11. The topological polar surface area (TPSA) is 59.0 Å². The Morgan fingerprint density at radius 3 is 2.67 bits per heavy atom. The van der Waals surface area contributed by atoms with Crippen molar-refractivity contribution in [1.82, 2.24) is 0 Å². The van der Waals surface area contributed by atoms with Gasteiger partial charge in [0.1, 0.15) is 17.6 Å². The fraction of sp³-hybridized carbons (Fsp3) is 0.0714. The number of rotatable bonds is 3. The van der Waals surface area contributed by atoms with Gasteiger partial charge in [0.05, 0.1) is 5.56 Å². The molecular weight excluding hydrogens is 248 g/mol. The maximum Gasteiger partial charge on any atom is 0.145 e. The number of halogens is 1. The molecule has 2 N–H and O–H groups in total. The monoisotopic (exact) mass is 258 g/mol. The zero-order valence-corrected chi connectivity index (χ0v) is 10.3. The Bertz CT molecular complexity index is 605. The highest BCUT2D eigenvalue weighted by molar-refractivity contribution is 6.30. The van der Waals surface area contributed by atoms with Crippen LogP contribution in [0.3, 0.4) is 0 Å². The van der Waals surface area contributed by atoms with E-state index in [2.05, 4.69) is 6.07 Å². The van der Waals surface area contributed by atoms with Crippen molar-refractivity contribution in [3.63, 3.8) is 0 Å². The molecular formula is C14H11ClN2O. The SMILES string of the molecule is N#Cc1ccccc1Oc1ccc(Cl)cc1CN. The molecule has 0 aliphatic rings. The molecule has 2 aromatic rings. The minimum absolute atomic E-state index is 0.324. The van der Waals surface area contributed by atoms with Gasteiger partial charge in [0.15, 0.2) is 0 Å². The van der Waals surface area contributed by atoms with E-state index in [-0.39, 0.29) is 0 Å². The highest BCUT2D eigenvalue weighted by Gasteiger charge is 2.07. The molecule has 0 unspecified atom stereocenters. The van der Waals surface area contributed by atoms with Crippen LogP contribution < -0.4 is 10.5 Å². The smallest absolute Gasteiger partial charge is 0.145 e. The predicted octanol–water partition coefficient (Wildman–Crippen LogP) is 3.46. The molecule has 4 heteroatoms. The molecule has 0 atom stereocenters. The molecule has 3 nitrogen and oxygen atoms in total. The van der Waals surface area contributed by atoms with Crippen molar-refractivity contribution in [3.8, 4) is 17.6 Å². The van der Waals surface area contributed by atoms with Crippen LogP contribution in [0, 0.1) is 11.3 Å². The molecule has 90 valence electrons. The number of nitriles is 1. The average Bonchev–Trinajstić information content (AvgIpc) is 2.41. The summed E-state index contributed by atoms with van der Waals surface area (Å²) in [6.45, 7) is 0.324. The molecule has 2 aromatic carbocycles. The Balaban J connectivity index is 2.37. The van der Waals surface area contributed by atoms with E-state index in [1.165, 1.54) is 0 Å². The lowest BCUT2D eigenvalue weighted by molar-refractivity contribution is 0.475. The van der Waals surface area contributed by atoms with Crippen LogP contribution in [0.5, 0.6) is 11.5 Å². The van der Waals surface area contributed by atoms with Gasteiger partial charge in [0, 0.05) is 17.1 Å². The van der Waals surface area contributed by atoms with E-state index < -0.39 is 0 Å². The summed E-state index contributed by atoms with van der Waals surface area (Å²) in [6, 6.07) is 14.4. The molecule has 0 radical (unpaired) electrons. The number of para-hydroxylation sites is 1. The van der Waals surface area contributed by atoms with Crippen molar-refractivity contribution in [1.29, 1.82) is 5.26 Å². The van der Waals surface area contributed by atoms with Gasteiger partial charge in [-0.15, -0.1) is 0 Å². The van der Waals surface area contributed by atoms with Crippen LogP contribution in [0.2, 0.25) is 5.02 Å². The highest BCUT2D eigenvalue weighted by atomic mass is 35.5. The summed E-state index contributed by atoms with van der Waals surface area (Å²) < 4.78 is 5.72. The van der Waals surface area contributed by atoms with Crippen LogP contribution in [0.1, 0.15) is 11.1 Å². The molecule has 0 spiro atoms. The Labute approximate surface area is 110 Å². The van der Waals surface area contributed by atoms with E-state index in [9.17, 15) is 0 Å². The zero-order valence-electron chi connectivity index (χ0n) is 9.56. The zero-order chi connectivity index (χ0) is 13.0. The second kappa shape index (κ2) is 5.54. The molecule has 0 amide bonds. The highest BCUT2D eigenvalue weighted by Crippen LogP contribution is 2.29. The molecule has 0 saturated heterocycles. The standard InChI is InChI=1S/C14H11ClN2O/c15-12-5-6-14(11(7-12)9-17)18-13-4-2-1-3-10(13)8-16/h1-7H,9,17H2. The van der Waals surface area contributed by atoms with E-state index in [0.29, 0.717) is 28.6 Å². The third-order valence-electron chi connectivity index (χ3n) is 2.47. The van der Waals surface area contributed by atoms with Gasteiger partial charge in [0.2, 0.25) is 0 Å². The minimum Gasteiger partial charge on any atom is -0.456 e. The van der Waals surface area contributed by atoms with Crippen molar-refractivity contribution in [2.75, 3.05) is 0 Å². The predicted molar refractivity (Wildman–Crippen MR) is 70.6 cm³/mol. The minimum atomic E-state index is 0.324. The van der Waals surface area contributed by atoms with Crippen molar-refractivity contribution in [3.05, 3.63) is 58.6 Å². The van der Waals surface area contributed by atoms with Gasteiger partial charge in [-0.2, -0.15) is 5.26 Å². The molecule has 0 aliphatic carbocycles. The summed E-state index contributed by atoms with van der Waals surface area (Å²) in [5.74, 6) is 1.13. The van der Waals surface area contributed by atoms with Gasteiger partial charge in [-0.3, -0.25) is 0 Å². The summed E-state index contributed by atoms with van der Waals surface area (Å²) in [4.78, 5) is 0. The first kappa shape index (κ1) is 12.4. The van der Waals surface area contributed by atoms with Crippen LogP contribution >= 0.6 is 11.6 Å². The molecule has 0 aliphatic heterocycles. The second-order valence-corrected chi connectivity index (χ2v) is 4.10. The summed E-state index contributed by atoms with van der Waals surface area (Å²) in [5, 5.41) is 9.60. The van der Waals surface area contributed by atoms with Crippen LogP contribution in [0.15, 0.2) is 42.5 Å². The van der Waals surface area contributed by atoms with Gasteiger partial charge in [-0.25, -0.2) is 0 Å². The number of hydrogen-bond acceptors (Lipinski definition) is 3. The first-order chi connectivity index (χ1) is 8.74. The van der Waals surface area contributed by atoms with Crippen molar-refractivity contribution >= 4 is 11.6 Å². The van der Waals surface area contributed by atoms with Crippen LogP contribution in [0.4, 0.5) is 0 Å². The molecule has 0 fully saturated rings. The molecule has 0 bridgehead atoms. The van der Waals surface area contributed by atoms with Crippen LogP contribution in [-0.2, 0) is 6.54 Å². The summed E-state index contributed by atoms with van der Waals surface area (Å²) >= 11 is 5.89. The molecule has 0 heterocycles. The Morgan fingerprint density at radius 1 is 1.17 bits per heavy atom. The maximum atomic E-state index is 8.99. The quantitative estimate of drug-likeness (QED) is 0.917. The van der Waals surface area contributed by atoms with Gasteiger partial charge in [-0.05, 0) is 30.3 Å². The van der Waals surface area contributed by atoms with E-state index >= 15 is 0 Å². The van der Waals surface area contributed by atoms with Crippen molar-refractivity contribution < 1.29 is 4.74 Å². The van der Waals surface area contributed by atoms with Gasteiger partial charge in [-0.1, -0.05) is 23.7 Å². The first-order valence-electron chi connectivity index (χ1n) is 5.40. The molecule has 2 rings (SSSR count). The van der Waals surface area contributed by atoms with Crippen molar-refractivity contribution in [2.45, 2.75) is 6.54 Å². The molecule has 0 aromatic heterocycles. The van der Waals surface area contributed by atoms with Crippen LogP contribution in [0.25, 0.3) is 0 Å². The fourth-order valence-electron chi connectivity index (χ4n) is 1.57. The Kier molecular flexibility index (Phi) is 3.83. The molecule has 0 saturated carbocycles. The van der Waals surface area contributed by atoms with Crippen LogP contribution in [-0.4, -0.2) is 0 Å². The normalized spacial score (nSPS) is 9.83. The van der Waals surface area contributed by atoms with Gasteiger partial charge < -0.3 is 10.5 Å². The van der Waals surface area contributed by atoms with E-state index in [1.54, 1.807) is 36.4 Å². The number of benzene rings is 2. The number of nitrogens with two attached hydrogens (primary N) is 1. The third-order valence-corrected chi connectivity index (χ3v) is 2.70. The first-order valence-corrected chi connectivity index (χ1v) is 5.78. The molecule has 18 heavy (non-hydrogen) atoms. The fourth-order valence-corrected chi connectivity index (χ4v) is 1.77. The summed E-state index contributed by atoms with van der Waals surface area (Å²) in [5.41, 5.74) is 6.92. The lowest BCUT2D eigenvalue weighted by atomic mass is 10.2. The number of hydrogen-bond donors (Lipinski definition) is 1. The Morgan fingerprint density at radius 2 is 1.94 bits per heavy atom. The van der Waals surface area contributed by atoms with E-state index in [1.807, 2.05) is 6.07 Å². The van der Waals surface area contributed by atoms with Gasteiger partial charge >= 0.3 is 0 Å². The lowest BCUT2D eigenvalue weighted by Crippen LogP contribution is -2.00. The number of nitrogens with zero attached hydrogens (tertiary/aromatic N) is 1. The van der Waals surface area contributed by atoms with Crippen molar-refractivity contribution in [2.24, 2.45) is 5.73 Å². The van der Waals surface area contributed by atoms with E-state index in [4.69, 9.17) is 27.3 Å².